The van der Waals surface area contributed by atoms with Crippen LogP contribution in [0.15, 0.2) is 52.3 Å². The van der Waals surface area contributed by atoms with Crippen LogP contribution in [0.5, 0.6) is 0 Å². The van der Waals surface area contributed by atoms with Crippen molar-refractivity contribution in [1.29, 1.82) is 0 Å². The highest BCUT2D eigenvalue weighted by atomic mass is 35.5. The second-order valence-corrected chi connectivity index (χ2v) is 5.93. The number of hydrogen-bond donors (Lipinski definition) is 1. The number of halogens is 1. The zero-order chi connectivity index (χ0) is 13.2. The number of nitrogens with zero attached hydrogens (tertiary/aromatic N) is 1. The number of fused-ring (bicyclic) bond motifs is 2. The van der Waals surface area contributed by atoms with Crippen LogP contribution in [-0.2, 0) is 0 Å². The Labute approximate surface area is 122 Å². The normalized spacial score (nSPS) is 13.1. The molecule has 1 heterocycles. The molecule has 0 radical (unpaired) electrons. The summed E-state index contributed by atoms with van der Waals surface area (Å²) in [6.07, 6.45) is 0.741. The van der Waals surface area contributed by atoms with Crippen LogP contribution in [0.25, 0.3) is 0 Å². The van der Waals surface area contributed by atoms with Crippen LogP contribution in [0, 0.1) is 0 Å². The number of hydrogen-bond acceptors (Lipinski definition) is 3. The van der Waals surface area contributed by atoms with E-state index in [1.165, 1.54) is 15.5 Å². The maximum absolute atomic E-state index is 9.09. The minimum absolute atomic E-state index is 0.196. The van der Waals surface area contributed by atoms with Crippen molar-refractivity contribution < 1.29 is 5.11 Å². The number of para-hydroxylation sites is 1. The van der Waals surface area contributed by atoms with Crippen LogP contribution in [0.3, 0.4) is 0 Å². The second kappa shape index (κ2) is 5.45. The molecule has 98 valence electrons. The first-order valence-corrected chi connectivity index (χ1v) is 7.44. The first-order chi connectivity index (χ1) is 9.29. The average Bonchev–Trinajstić information content (AvgIpc) is 2.44. The Bertz CT molecular complexity index is 602. The van der Waals surface area contributed by atoms with Crippen LogP contribution in [0.4, 0.5) is 11.4 Å². The molecule has 0 spiro atoms. The van der Waals surface area contributed by atoms with Crippen molar-refractivity contribution in [2.45, 2.75) is 16.2 Å². The Balaban J connectivity index is 2.08. The van der Waals surface area contributed by atoms with E-state index in [-0.39, 0.29) is 6.61 Å². The molecular formula is C15H14ClNOS. The Kier molecular flexibility index (Phi) is 3.69. The van der Waals surface area contributed by atoms with Crippen molar-refractivity contribution in [2.75, 3.05) is 18.1 Å². The lowest BCUT2D eigenvalue weighted by Gasteiger charge is -2.32. The summed E-state index contributed by atoms with van der Waals surface area (Å²) in [6, 6.07) is 14.3. The van der Waals surface area contributed by atoms with Crippen molar-refractivity contribution >= 4 is 34.7 Å². The van der Waals surface area contributed by atoms with E-state index < -0.39 is 0 Å². The predicted octanol–water partition coefficient (Wildman–Crippen LogP) is 4.33. The van der Waals surface area contributed by atoms with Gasteiger partial charge in [0.05, 0.1) is 11.4 Å². The Morgan fingerprint density at radius 3 is 2.68 bits per heavy atom. The summed E-state index contributed by atoms with van der Waals surface area (Å²) in [5.74, 6) is 0. The van der Waals surface area contributed by atoms with Crippen LogP contribution >= 0.6 is 23.4 Å². The molecule has 0 atom stereocenters. The third kappa shape index (κ3) is 2.46. The molecule has 0 aliphatic carbocycles. The van der Waals surface area contributed by atoms with Crippen LogP contribution in [0.1, 0.15) is 6.42 Å². The highest BCUT2D eigenvalue weighted by molar-refractivity contribution is 7.99. The minimum Gasteiger partial charge on any atom is -0.396 e. The number of aliphatic hydroxyl groups is 1. The monoisotopic (exact) mass is 291 g/mol. The third-order valence-electron chi connectivity index (χ3n) is 3.13. The van der Waals surface area contributed by atoms with E-state index in [0.29, 0.717) is 0 Å². The minimum atomic E-state index is 0.196. The molecular weight excluding hydrogens is 278 g/mol. The summed E-state index contributed by atoms with van der Waals surface area (Å²) in [5.41, 5.74) is 2.32. The van der Waals surface area contributed by atoms with Gasteiger partial charge in [-0.3, -0.25) is 0 Å². The van der Waals surface area contributed by atoms with E-state index in [1.807, 2.05) is 18.2 Å². The summed E-state index contributed by atoms with van der Waals surface area (Å²) in [4.78, 5) is 4.69. The summed E-state index contributed by atoms with van der Waals surface area (Å²) in [5, 5.41) is 9.83. The van der Waals surface area contributed by atoms with Crippen LogP contribution in [-0.4, -0.2) is 18.3 Å². The van der Waals surface area contributed by atoms with E-state index in [0.717, 1.165) is 23.7 Å². The molecule has 2 nitrogen and oxygen atoms in total. The van der Waals surface area contributed by atoms with E-state index in [2.05, 4.69) is 29.2 Å². The van der Waals surface area contributed by atoms with Gasteiger partial charge in [0.25, 0.3) is 0 Å². The standard InChI is InChI=1S/C15H14ClNOS/c16-11-6-7-15-13(10-11)17(8-3-9-18)12-4-1-2-5-14(12)19-15/h1-2,4-7,10,18H,3,8-9H2. The van der Waals surface area contributed by atoms with E-state index in [1.54, 1.807) is 11.8 Å². The van der Waals surface area contributed by atoms with Gasteiger partial charge in [0.15, 0.2) is 0 Å². The van der Waals surface area contributed by atoms with E-state index >= 15 is 0 Å². The number of rotatable bonds is 3. The van der Waals surface area contributed by atoms with Crippen molar-refractivity contribution in [3.8, 4) is 0 Å². The lowest BCUT2D eigenvalue weighted by atomic mass is 10.2. The molecule has 1 aliphatic rings. The molecule has 2 aromatic rings. The van der Waals surface area contributed by atoms with Gasteiger partial charge in [-0.2, -0.15) is 0 Å². The molecule has 3 rings (SSSR count). The molecule has 19 heavy (non-hydrogen) atoms. The Morgan fingerprint density at radius 1 is 1.05 bits per heavy atom. The summed E-state index contributed by atoms with van der Waals surface area (Å²) in [7, 11) is 0. The van der Waals surface area contributed by atoms with Gasteiger partial charge in [0.2, 0.25) is 0 Å². The van der Waals surface area contributed by atoms with Gasteiger partial charge in [0.1, 0.15) is 0 Å². The molecule has 0 saturated heterocycles. The summed E-state index contributed by atoms with van der Waals surface area (Å²) < 4.78 is 0. The average molecular weight is 292 g/mol. The zero-order valence-electron chi connectivity index (χ0n) is 10.3. The van der Waals surface area contributed by atoms with Crippen molar-refractivity contribution in [3.63, 3.8) is 0 Å². The Hall–Kier alpha value is -1.16. The topological polar surface area (TPSA) is 23.5 Å². The van der Waals surface area contributed by atoms with Crippen molar-refractivity contribution in [3.05, 3.63) is 47.5 Å². The quantitative estimate of drug-likeness (QED) is 0.911. The SMILES string of the molecule is OCCCN1c2ccccc2Sc2ccc(Cl)cc21. The van der Waals surface area contributed by atoms with Crippen LogP contribution < -0.4 is 4.90 Å². The molecule has 0 fully saturated rings. The first-order valence-electron chi connectivity index (χ1n) is 6.24. The molecule has 0 unspecified atom stereocenters. The zero-order valence-corrected chi connectivity index (χ0v) is 11.9. The number of aliphatic hydroxyl groups excluding tert-OH is 1. The van der Waals surface area contributed by atoms with Gasteiger partial charge in [-0.25, -0.2) is 0 Å². The van der Waals surface area contributed by atoms with Gasteiger partial charge >= 0.3 is 0 Å². The Morgan fingerprint density at radius 2 is 1.84 bits per heavy atom. The fourth-order valence-corrected chi connectivity index (χ4v) is 3.51. The third-order valence-corrected chi connectivity index (χ3v) is 4.49. The van der Waals surface area contributed by atoms with Gasteiger partial charge in [-0.15, -0.1) is 0 Å². The van der Waals surface area contributed by atoms with E-state index in [4.69, 9.17) is 16.7 Å². The predicted molar refractivity (Wildman–Crippen MR) is 80.7 cm³/mol. The molecule has 4 heteroatoms. The smallest absolute Gasteiger partial charge is 0.0567 e. The molecule has 2 aromatic carbocycles. The highest BCUT2D eigenvalue weighted by Crippen LogP contribution is 2.48. The molecule has 1 N–H and O–H groups in total. The molecule has 0 bridgehead atoms. The number of anilines is 2. The van der Waals surface area contributed by atoms with Gasteiger partial charge in [-0.1, -0.05) is 35.5 Å². The summed E-state index contributed by atoms with van der Waals surface area (Å²) >= 11 is 7.88. The maximum atomic E-state index is 9.09. The second-order valence-electron chi connectivity index (χ2n) is 4.41. The lowest BCUT2D eigenvalue weighted by Crippen LogP contribution is -2.22. The lowest BCUT2D eigenvalue weighted by molar-refractivity contribution is 0.290. The molecule has 0 aromatic heterocycles. The largest absolute Gasteiger partial charge is 0.396 e. The summed E-state index contributed by atoms with van der Waals surface area (Å²) in [6.45, 7) is 0.989. The van der Waals surface area contributed by atoms with Crippen LogP contribution in [0.2, 0.25) is 5.02 Å². The highest BCUT2D eigenvalue weighted by Gasteiger charge is 2.22. The van der Waals surface area contributed by atoms with E-state index in [9.17, 15) is 0 Å². The molecule has 0 saturated carbocycles. The molecule has 1 aliphatic heterocycles. The first kappa shape index (κ1) is 12.9. The van der Waals surface area contributed by atoms with Gasteiger partial charge in [0, 0.05) is 28.0 Å². The van der Waals surface area contributed by atoms with Gasteiger partial charge in [-0.05, 0) is 36.8 Å². The maximum Gasteiger partial charge on any atom is 0.0567 e. The van der Waals surface area contributed by atoms with Gasteiger partial charge < -0.3 is 10.0 Å². The fourth-order valence-electron chi connectivity index (χ4n) is 2.27. The number of benzene rings is 2. The fraction of sp³-hybridized carbons (Fsp3) is 0.200. The van der Waals surface area contributed by atoms with Crippen molar-refractivity contribution in [1.82, 2.24) is 0 Å². The van der Waals surface area contributed by atoms with Crippen molar-refractivity contribution in [2.24, 2.45) is 0 Å². The molecule has 0 amide bonds.